The first kappa shape index (κ1) is 14.8. The number of nitrogens with two attached hydrogens (primary N) is 1. The Morgan fingerprint density at radius 3 is 2.89 bits per heavy atom. The van der Waals surface area contributed by atoms with Gasteiger partial charge in [-0.2, -0.15) is 5.26 Å². The molecule has 108 valence electrons. The van der Waals surface area contributed by atoms with E-state index in [-0.39, 0.29) is 23.5 Å². The quantitative estimate of drug-likeness (QED) is 0.816. The lowest BCUT2D eigenvalue weighted by atomic mass is 9.87. The van der Waals surface area contributed by atoms with Gasteiger partial charge in [0.25, 0.3) is 0 Å². The normalized spacial score (nSPS) is 39.0. The molecule has 1 heterocycles. The van der Waals surface area contributed by atoms with Gasteiger partial charge in [0.05, 0.1) is 17.6 Å². The minimum atomic E-state index is -2.85. The second-order valence-corrected chi connectivity index (χ2v) is 8.26. The summed E-state index contributed by atoms with van der Waals surface area (Å²) in [4.78, 5) is 2.22. The molecule has 0 radical (unpaired) electrons. The summed E-state index contributed by atoms with van der Waals surface area (Å²) in [6.45, 7) is 3.42. The van der Waals surface area contributed by atoms with Gasteiger partial charge in [-0.15, -0.1) is 0 Å². The summed E-state index contributed by atoms with van der Waals surface area (Å²) in [5, 5.41) is 9.19. The van der Waals surface area contributed by atoms with Crippen LogP contribution in [0.15, 0.2) is 0 Å². The zero-order valence-corrected chi connectivity index (χ0v) is 12.3. The second kappa shape index (κ2) is 5.39. The topological polar surface area (TPSA) is 87.2 Å². The lowest BCUT2D eigenvalue weighted by Crippen LogP contribution is -2.49. The SMILES string of the molecule is CC1CS(=O)(=O)CCN1CCC1CCCC1(N)C#N. The van der Waals surface area contributed by atoms with Crippen LogP contribution in [-0.2, 0) is 9.84 Å². The maximum atomic E-state index is 11.5. The minimum absolute atomic E-state index is 0.0782. The molecule has 1 aliphatic carbocycles. The molecule has 0 aromatic carbocycles. The third-order valence-corrected chi connectivity index (χ3v) is 6.45. The van der Waals surface area contributed by atoms with Crippen molar-refractivity contribution in [2.75, 3.05) is 24.6 Å². The molecule has 1 saturated carbocycles. The third kappa shape index (κ3) is 3.28. The first-order chi connectivity index (χ1) is 8.86. The van der Waals surface area contributed by atoms with Crippen molar-refractivity contribution < 1.29 is 8.42 Å². The fraction of sp³-hybridized carbons (Fsp3) is 0.923. The van der Waals surface area contributed by atoms with Gasteiger partial charge in [0.2, 0.25) is 0 Å². The Labute approximate surface area is 115 Å². The lowest BCUT2D eigenvalue weighted by molar-refractivity contribution is 0.200. The van der Waals surface area contributed by atoms with Gasteiger partial charge in [0.1, 0.15) is 5.54 Å². The van der Waals surface area contributed by atoms with E-state index in [2.05, 4.69) is 11.0 Å². The highest BCUT2D eigenvalue weighted by molar-refractivity contribution is 7.91. The zero-order valence-electron chi connectivity index (χ0n) is 11.5. The number of nitrogens with zero attached hydrogens (tertiary/aromatic N) is 2. The van der Waals surface area contributed by atoms with Crippen LogP contribution >= 0.6 is 0 Å². The molecule has 0 aromatic heterocycles. The molecule has 2 fully saturated rings. The molecular formula is C13H23N3O2S. The summed E-state index contributed by atoms with van der Waals surface area (Å²) >= 11 is 0. The van der Waals surface area contributed by atoms with Crippen LogP contribution in [0.2, 0.25) is 0 Å². The molecule has 0 aromatic rings. The summed E-state index contributed by atoms with van der Waals surface area (Å²) in [7, 11) is -2.85. The molecule has 6 heteroatoms. The Hall–Kier alpha value is -0.640. The van der Waals surface area contributed by atoms with Crippen LogP contribution in [0.4, 0.5) is 0 Å². The highest BCUT2D eigenvalue weighted by Crippen LogP contribution is 2.35. The van der Waals surface area contributed by atoms with E-state index < -0.39 is 15.4 Å². The average Bonchev–Trinajstić information content (AvgIpc) is 2.70. The van der Waals surface area contributed by atoms with Gasteiger partial charge in [-0.3, -0.25) is 4.90 Å². The largest absolute Gasteiger partial charge is 0.313 e. The Morgan fingerprint density at radius 2 is 2.26 bits per heavy atom. The van der Waals surface area contributed by atoms with Gasteiger partial charge < -0.3 is 5.73 Å². The fourth-order valence-corrected chi connectivity index (χ4v) is 4.96. The highest BCUT2D eigenvalue weighted by Gasteiger charge is 2.40. The van der Waals surface area contributed by atoms with E-state index in [4.69, 9.17) is 5.73 Å². The van der Waals surface area contributed by atoms with Crippen molar-refractivity contribution in [2.24, 2.45) is 11.7 Å². The minimum Gasteiger partial charge on any atom is -0.313 e. The summed E-state index contributed by atoms with van der Waals surface area (Å²) < 4.78 is 23.1. The Balaban J connectivity index is 1.88. The van der Waals surface area contributed by atoms with E-state index in [0.717, 1.165) is 32.2 Å². The maximum absolute atomic E-state index is 11.5. The highest BCUT2D eigenvalue weighted by atomic mass is 32.2. The fourth-order valence-electron chi connectivity index (χ4n) is 3.34. The van der Waals surface area contributed by atoms with Gasteiger partial charge in [0.15, 0.2) is 9.84 Å². The number of nitriles is 1. The van der Waals surface area contributed by atoms with Crippen LogP contribution in [0.3, 0.4) is 0 Å². The summed E-state index contributed by atoms with van der Waals surface area (Å²) in [6.07, 6.45) is 3.73. The molecule has 0 spiro atoms. The number of sulfone groups is 1. The number of hydrogen-bond donors (Lipinski definition) is 1. The van der Waals surface area contributed by atoms with Crippen LogP contribution in [0.5, 0.6) is 0 Å². The molecule has 5 nitrogen and oxygen atoms in total. The number of rotatable bonds is 3. The van der Waals surface area contributed by atoms with Gasteiger partial charge in [0, 0.05) is 12.6 Å². The van der Waals surface area contributed by atoms with Crippen molar-refractivity contribution in [3.8, 4) is 6.07 Å². The van der Waals surface area contributed by atoms with E-state index in [9.17, 15) is 13.7 Å². The summed E-state index contributed by atoms with van der Waals surface area (Å²) in [5.74, 6) is 0.765. The first-order valence-corrected chi connectivity index (χ1v) is 8.83. The van der Waals surface area contributed by atoms with Gasteiger partial charge in [-0.25, -0.2) is 8.42 Å². The van der Waals surface area contributed by atoms with Crippen LogP contribution in [0.1, 0.15) is 32.6 Å². The van der Waals surface area contributed by atoms with Crippen molar-refractivity contribution in [3.05, 3.63) is 0 Å². The third-order valence-electron chi connectivity index (χ3n) is 4.65. The number of hydrogen-bond acceptors (Lipinski definition) is 5. The van der Waals surface area contributed by atoms with Gasteiger partial charge >= 0.3 is 0 Å². The molecule has 2 N–H and O–H groups in total. The second-order valence-electron chi connectivity index (χ2n) is 6.03. The van der Waals surface area contributed by atoms with Gasteiger partial charge in [-0.1, -0.05) is 6.42 Å². The lowest BCUT2D eigenvalue weighted by Gasteiger charge is -2.34. The smallest absolute Gasteiger partial charge is 0.153 e. The van der Waals surface area contributed by atoms with Crippen molar-refractivity contribution in [2.45, 2.75) is 44.2 Å². The van der Waals surface area contributed by atoms with Crippen LogP contribution < -0.4 is 5.73 Å². The molecular weight excluding hydrogens is 262 g/mol. The monoisotopic (exact) mass is 285 g/mol. The first-order valence-electron chi connectivity index (χ1n) is 7.01. The molecule has 0 bridgehead atoms. The van der Waals surface area contributed by atoms with E-state index in [1.54, 1.807) is 0 Å². The van der Waals surface area contributed by atoms with E-state index in [0.29, 0.717) is 6.54 Å². The van der Waals surface area contributed by atoms with Crippen molar-refractivity contribution in [1.82, 2.24) is 4.90 Å². The Bertz CT molecular complexity index is 471. The molecule has 1 aliphatic heterocycles. The Kier molecular flexibility index (Phi) is 4.19. The van der Waals surface area contributed by atoms with Crippen molar-refractivity contribution >= 4 is 9.84 Å². The molecule has 3 atom stereocenters. The van der Waals surface area contributed by atoms with Crippen LogP contribution in [0.25, 0.3) is 0 Å². The molecule has 3 unspecified atom stereocenters. The maximum Gasteiger partial charge on any atom is 0.153 e. The van der Waals surface area contributed by atoms with Gasteiger partial charge in [-0.05, 0) is 38.6 Å². The summed E-state index contributed by atoms with van der Waals surface area (Å²) in [6, 6.07) is 2.34. The molecule has 2 aliphatic rings. The molecule has 0 amide bonds. The van der Waals surface area contributed by atoms with E-state index in [1.165, 1.54) is 0 Å². The predicted octanol–water partition coefficient (Wildman–Crippen LogP) is 0.517. The standard InChI is InChI=1S/C13H23N3O2S/c1-11-9-19(17,18)8-7-16(11)6-4-12-3-2-5-13(12,15)10-14/h11-12H,2-9,15H2,1H3. The summed E-state index contributed by atoms with van der Waals surface area (Å²) in [5.41, 5.74) is 5.46. The van der Waals surface area contributed by atoms with Crippen molar-refractivity contribution in [3.63, 3.8) is 0 Å². The average molecular weight is 285 g/mol. The van der Waals surface area contributed by atoms with Crippen molar-refractivity contribution in [1.29, 1.82) is 5.26 Å². The zero-order chi connectivity index (χ0) is 14.1. The Morgan fingerprint density at radius 1 is 1.53 bits per heavy atom. The predicted molar refractivity (Wildman–Crippen MR) is 74.2 cm³/mol. The van der Waals surface area contributed by atoms with Crippen LogP contribution in [-0.4, -0.2) is 49.5 Å². The molecule has 2 rings (SSSR count). The van der Waals surface area contributed by atoms with E-state index in [1.807, 2.05) is 6.92 Å². The van der Waals surface area contributed by atoms with Crippen LogP contribution in [0, 0.1) is 17.2 Å². The molecule has 19 heavy (non-hydrogen) atoms. The molecule has 1 saturated heterocycles. The van der Waals surface area contributed by atoms with E-state index >= 15 is 0 Å².